The van der Waals surface area contributed by atoms with Gasteiger partial charge < -0.3 is 18.9 Å². The van der Waals surface area contributed by atoms with Crippen LogP contribution in [-0.2, 0) is 48.6 Å². The Hall–Kier alpha value is -12.5. The zero-order valence-electron chi connectivity index (χ0n) is 61.7. The van der Waals surface area contributed by atoms with Gasteiger partial charge in [0.2, 0.25) is 33.8 Å². The highest BCUT2D eigenvalue weighted by Crippen LogP contribution is 2.60. The predicted molar refractivity (Wildman–Crippen MR) is 481 cm³/mol. The van der Waals surface area contributed by atoms with Crippen LogP contribution in [0.1, 0.15) is 152 Å². The molecule has 115 heavy (non-hydrogen) atoms. The number of ether oxygens (including phenoxy) is 4. The summed E-state index contributed by atoms with van der Waals surface area (Å²) in [7, 11) is 0. The van der Waals surface area contributed by atoms with Crippen molar-refractivity contribution < 1.29 is 37.2 Å². The molecule has 14 aromatic carbocycles. The summed E-state index contributed by atoms with van der Waals surface area (Å²) in [6.07, 6.45) is 4.37. The van der Waals surface area contributed by atoms with E-state index in [1.165, 1.54) is 198 Å². The van der Waals surface area contributed by atoms with Crippen LogP contribution >= 0.6 is 0 Å². The minimum Gasteiger partial charge on any atom is -0.435 e. The molecule has 18 aromatic rings. The van der Waals surface area contributed by atoms with Crippen molar-refractivity contribution in [2.24, 2.45) is 0 Å². The van der Waals surface area contributed by atoms with Gasteiger partial charge in [0.25, 0.3) is 26.9 Å². The normalized spacial score (nSPS) is 14.9. The quantitative estimate of drug-likeness (QED) is 0.0862. The first-order valence-electron chi connectivity index (χ1n) is 38.1. The molecule has 0 bridgehead atoms. The number of hydrogen-bond acceptors (Lipinski definition) is 4. The van der Waals surface area contributed by atoms with Crippen LogP contribution in [0.5, 0.6) is 23.0 Å². The maximum atomic E-state index is 6.35. The number of benzene rings is 14. The fraction of sp³-hybridized carbons (Fsp3) is 0.215. The van der Waals surface area contributed by atoms with Gasteiger partial charge in [0.15, 0.2) is 12.4 Å². The van der Waals surface area contributed by atoms with Crippen molar-refractivity contribution in [2.45, 2.75) is 156 Å². The zero-order chi connectivity index (χ0) is 72.2. The van der Waals surface area contributed by atoms with E-state index in [0.717, 1.165) is 23.0 Å². The van der Waals surface area contributed by atoms with Crippen molar-refractivity contribution in [3.8, 4) is 68.0 Å². The van der Waals surface area contributed by atoms with Gasteiger partial charge in [-0.3, -0.25) is 0 Å². The van der Waals surface area contributed by atoms with Gasteiger partial charge in [0.1, 0.15) is 23.0 Å². The molecule has 0 radical (unpaired) electrons. The van der Waals surface area contributed by atoms with Crippen LogP contribution in [0.15, 0.2) is 267 Å². The largest absolute Gasteiger partial charge is 0.435 e. The Bertz CT molecular complexity index is 6950. The number of aromatic nitrogens is 4. The lowest BCUT2D eigenvalue weighted by molar-refractivity contribution is -0.717. The molecule has 4 aromatic heterocycles. The van der Waals surface area contributed by atoms with Gasteiger partial charge in [-0.15, -0.1) is 0 Å². The fourth-order valence-electron chi connectivity index (χ4n) is 20.7. The summed E-state index contributed by atoms with van der Waals surface area (Å²) in [5, 5.41) is 23.4. The van der Waals surface area contributed by atoms with E-state index in [1.54, 1.807) is 0 Å². The molecule has 8 heteroatoms. The predicted octanol–water partition coefficient (Wildman–Crippen LogP) is 26.5. The summed E-state index contributed by atoms with van der Waals surface area (Å²) in [5.41, 5.74) is 23.9. The first-order chi connectivity index (χ1) is 52.6. The smallest absolute Gasteiger partial charge is 0.293 e. The van der Waals surface area contributed by atoms with Crippen molar-refractivity contribution in [1.29, 1.82) is 0 Å². The van der Waals surface area contributed by atoms with Crippen LogP contribution in [0.2, 0.25) is 0 Å². The number of pyridine rings is 4. The van der Waals surface area contributed by atoms with Crippen LogP contribution in [0, 0.1) is 0 Å². The molecule has 0 unspecified atom stereocenters. The summed E-state index contributed by atoms with van der Waals surface area (Å²) in [5.74, 6) is 4.08. The lowest BCUT2D eigenvalue weighted by Crippen LogP contribution is -2.42. The van der Waals surface area contributed by atoms with Gasteiger partial charge in [0, 0.05) is 83.7 Å². The Morgan fingerprint density at radius 2 is 0.617 bits per heavy atom. The van der Waals surface area contributed by atoms with E-state index >= 15 is 0 Å². The maximum absolute atomic E-state index is 6.35. The van der Waals surface area contributed by atoms with Crippen molar-refractivity contribution >= 4 is 108 Å². The van der Waals surface area contributed by atoms with Gasteiger partial charge in [-0.25, -0.2) is 0 Å². The Kier molecular flexibility index (Phi) is 17.8. The SMILES string of the molecule is C.C.C.C.C.C.C.CC1(C)c2cc3ccccc3[n+]3c2-c2c(cc4cc5ccccc5cc4c21)OC3.CC1(C)c2cc3ccccc3[n+]3c2-c2c(cc4cc5ccccc5cc4c21)OC3.CC1(C)c2ccc[n+]3c2-c2c(cc4cc5ccccc5cc4c21)OC3.CC1(C)c2cccc3c2-c2c1c1c(ccc4ccccc41)c[n+]2CO3. The van der Waals surface area contributed by atoms with Gasteiger partial charge in [-0.1, -0.05) is 247 Å². The summed E-state index contributed by atoms with van der Waals surface area (Å²) >= 11 is 0. The molecule has 8 aliphatic rings. The van der Waals surface area contributed by atoms with Gasteiger partial charge in [-0.2, -0.15) is 18.3 Å². The molecule has 0 N–H and O–H groups in total. The first-order valence-corrected chi connectivity index (χ1v) is 38.1. The van der Waals surface area contributed by atoms with E-state index in [1.807, 2.05) is 0 Å². The van der Waals surface area contributed by atoms with Crippen LogP contribution in [0.25, 0.3) is 153 Å². The molecule has 0 saturated carbocycles. The monoisotopic (exact) mass is 1510 g/mol. The molecule has 0 fully saturated rings. The molecule has 8 heterocycles. The molecule has 26 rings (SSSR count). The van der Waals surface area contributed by atoms with E-state index in [2.05, 4.69) is 341 Å². The highest BCUT2D eigenvalue weighted by atomic mass is 16.5. The third-order valence-corrected chi connectivity index (χ3v) is 25.7. The van der Waals surface area contributed by atoms with Crippen molar-refractivity contribution in [2.75, 3.05) is 0 Å². The van der Waals surface area contributed by atoms with E-state index < -0.39 is 0 Å². The van der Waals surface area contributed by atoms with Crippen LogP contribution in [0.3, 0.4) is 0 Å². The first kappa shape index (κ1) is 76.5. The summed E-state index contributed by atoms with van der Waals surface area (Å²) in [6, 6.07) is 92.7. The second-order valence-electron chi connectivity index (χ2n) is 33.0. The van der Waals surface area contributed by atoms with Crippen LogP contribution in [-0.4, -0.2) is 0 Å². The molecule has 0 atom stereocenters. The molecular weight excluding hydrogens is 1410 g/mol. The number of hydrogen-bond donors (Lipinski definition) is 0. The van der Waals surface area contributed by atoms with Gasteiger partial charge in [-0.05, 0) is 195 Å². The van der Waals surface area contributed by atoms with Crippen molar-refractivity contribution in [3.05, 3.63) is 312 Å². The number of nitrogens with zero attached hydrogens (tertiary/aromatic N) is 4. The van der Waals surface area contributed by atoms with Gasteiger partial charge in [0.05, 0.1) is 22.3 Å². The minimum atomic E-state index is -0.0825. The summed E-state index contributed by atoms with van der Waals surface area (Å²) in [4.78, 5) is 0. The molecule has 572 valence electrons. The highest BCUT2D eigenvalue weighted by molar-refractivity contribution is 6.13. The lowest BCUT2D eigenvalue weighted by atomic mass is 9.79. The molecule has 0 saturated heterocycles. The Balaban J connectivity index is 0.000000113. The average Bonchev–Trinajstić information content (AvgIpc) is 1.52. The fourth-order valence-corrected chi connectivity index (χ4v) is 20.7. The van der Waals surface area contributed by atoms with Gasteiger partial charge >= 0.3 is 0 Å². The highest BCUT2D eigenvalue weighted by Gasteiger charge is 2.52. The molecule has 0 spiro atoms. The van der Waals surface area contributed by atoms with E-state index in [4.69, 9.17) is 18.9 Å². The van der Waals surface area contributed by atoms with Crippen molar-refractivity contribution in [1.82, 2.24) is 0 Å². The number of rotatable bonds is 0. The molecule has 4 aliphatic heterocycles. The second-order valence-corrected chi connectivity index (χ2v) is 33.0. The summed E-state index contributed by atoms with van der Waals surface area (Å²) < 4.78 is 34.1. The molecule has 0 amide bonds. The minimum absolute atomic E-state index is 0. The standard InChI is InChI=1S/2C27H20NO.2C23H18NO.7CH4/c2*1-27(2)21-13-18-9-5-6-10-22(18)28-15-29-23-14-19-11-16-7-3-4-8-17(16)12-20(19)25(27)24(23)26(21)28;1-23(2)18-8-5-9-24-13-25-19-12-16-10-14-6-3-4-7-15(14)11-17(16)21(23)20(19)22(18)24;1-23(2)17-8-5-9-18-20(17)22-21(23)19-15(12-24(22)13-25-18)11-10-14-6-3-4-7-16(14)19;;;;;;;/h2*3-14H,15H2,1-2H3;2*3-12H,13H2,1-2H3;7*1H4/q4*+1;;;;;;;. The average molecular weight is 1510 g/mol. The lowest BCUT2D eigenvalue weighted by Gasteiger charge is -2.22. The Morgan fingerprint density at radius 1 is 0.243 bits per heavy atom. The third-order valence-electron chi connectivity index (χ3n) is 25.7. The Morgan fingerprint density at radius 3 is 1.10 bits per heavy atom. The molecule has 4 aliphatic carbocycles. The Labute approximate surface area is 676 Å². The maximum Gasteiger partial charge on any atom is 0.293 e. The van der Waals surface area contributed by atoms with E-state index in [-0.39, 0.29) is 73.6 Å². The topological polar surface area (TPSA) is 52.4 Å². The van der Waals surface area contributed by atoms with Crippen molar-refractivity contribution in [3.63, 3.8) is 0 Å². The van der Waals surface area contributed by atoms with E-state index in [0.29, 0.717) is 26.9 Å². The van der Waals surface area contributed by atoms with E-state index in [9.17, 15) is 0 Å². The number of fused-ring (bicyclic) bond motifs is 17. The molecular formula is C107H104N4O4+4. The van der Waals surface area contributed by atoms with Crippen LogP contribution in [0.4, 0.5) is 0 Å². The molecule has 8 nitrogen and oxygen atoms in total. The summed E-state index contributed by atoms with van der Waals surface area (Å²) in [6.45, 7) is 21.1. The second kappa shape index (κ2) is 26.8. The van der Waals surface area contributed by atoms with Crippen LogP contribution < -0.4 is 37.2 Å². The zero-order valence-corrected chi connectivity index (χ0v) is 61.7. The number of para-hydroxylation sites is 2. The third kappa shape index (κ3) is 10.4.